The maximum atomic E-state index is 11.9. The normalized spacial score (nSPS) is 13.1. The zero-order valence-corrected chi connectivity index (χ0v) is 11.6. The molecule has 0 fully saturated rings. The number of hydrogen-bond donors (Lipinski definition) is 2. The van der Waals surface area contributed by atoms with Crippen LogP contribution in [0.25, 0.3) is 0 Å². The molecule has 0 saturated carbocycles. The van der Waals surface area contributed by atoms with Gasteiger partial charge in [0.25, 0.3) is 10.0 Å². The minimum atomic E-state index is -3.61. The van der Waals surface area contributed by atoms with E-state index in [0.29, 0.717) is 4.34 Å². The molecule has 0 aromatic carbocycles. The second-order valence-corrected chi connectivity index (χ2v) is 7.73. The van der Waals surface area contributed by atoms with Gasteiger partial charge in [-0.25, -0.2) is 13.1 Å². The Bertz CT molecular complexity index is 459. The zero-order chi connectivity index (χ0) is 12.6. The summed E-state index contributed by atoms with van der Waals surface area (Å²) in [5, 5.41) is 9.01. The first-order valence-electron chi connectivity index (χ1n) is 4.59. The zero-order valence-electron chi connectivity index (χ0n) is 9.24. The summed E-state index contributed by atoms with van der Waals surface area (Å²) < 4.78 is 26.8. The molecule has 0 saturated heterocycles. The van der Waals surface area contributed by atoms with Crippen LogP contribution < -0.4 is 4.72 Å². The Morgan fingerprint density at radius 3 is 2.50 bits per heavy atom. The smallest absolute Gasteiger partial charge is 0.250 e. The topological polar surface area (TPSA) is 66.4 Å². The highest BCUT2D eigenvalue weighted by atomic mass is 35.5. The first kappa shape index (κ1) is 13.9. The standard InChI is InChI=1S/C9H14ClNO3S2/c1-6-4-7(15-8(6)10)16(13,14)11-9(2,3)5-12/h4,11-12H,5H2,1-3H3. The van der Waals surface area contributed by atoms with Gasteiger partial charge in [-0.15, -0.1) is 11.3 Å². The number of aliphatic hydroxyl groups is 1. The number of aryl methyl sites for hydroxylation is 1. The molecule has 1 aromatic heterocycles. The minimum absolute atomic E-state index is 0.163. The Morgan fingerprint density at radius 2 is 2.12 bits per heavy atom. The first-order valence-corrected chi connectivity index (χ1v) is 7.26. The number of sulfonamides is 1. The molecule has 1 aromatic rings. The molecule has 1 heterocycles. The predicted molar refractivity (Wildman–Crippen MR) is 65.6 cm³/mol. The summed E-state index contributed by atoms with van der Waals surface area (Å²) in [6, 6.07) is 1.52. The fraction of sp³-hybridized carbons (Fsp3) is 0.556. The molecule has 0 amide bonds. The Balaban J connectivity index is 3.04. The highest BCUT2D eigenvalue weighted by molar-refractivity contribution is 7.91. The van der Waals surface area contributed by atoms with Gasteiger partial charge in [-0.05, 0) is 32.4 Å². The van der Waals surface area contributed by atoms with Crippen LogP contribution in [0.15, 0.2) is 10.3 Å². The van der Waals surface area contributed by atoms with Crippen molar-refractivity contribution < 1.29 is 13.5 Å². The van der Waals surface area contributed by atoms with E-state index in [2.05, 4.69) is 4.72 Å². The average molecular weight is 284 g/mol. The fourth-order valence-electron chi connectivity index (χ4n) is 1.01. The van der Waals surface area contributed by atoms with Crippen molar-refractivity contribution >= 4 is 33.0 Å². The highest BCUT2D eigenvalue weighted by Crippen LogP contribution is 2.30. The van der Waals surface area contributed by atoms with Gasteiger partial charge in [-0.1, -0.05) is 11.6 Å². The van der Waals surface area contributed by atoms with Crippen molar-refractivity contribution in [2.24, 2.45) is 0 Å². The van der Waals surface area contributed by atoms with E-state index in [1.54, 1.807) is 20.8 Å². The third-order valence-corrected chi connectivity index (χ3v) is 5.63. The predicted octanol–water partition coefficient (Wildman–Crippen LogP) is 1.76. The molecular weight excluding hydrogens is 270 g/mol. The van der Waals surface area contributed by atoms with E-state index in [1.165, 1.54) is 6.07 Å². The van der Waals surface area contributed by atoms with E-state index in [-0.39, 0.29) is 10.8 Å². The average Bonchev–Trinajstić information content (AvgIpc) is 2.46. The van der Waals surface area contributed by atoms with Gasteiger partial charge >= 0.3 is 0 Å². The summed E-state index contributed by atoms with van der Waals surface area (Å²) >= 11 is 6.82. The van der Waals surface area contributed by atoms with Gasteiger partial charge in [-0.3, -0.25) is 0 Å². The van der Waals surface area contributed by atoms with Gasteiger partial charge in [0.05, 0.1) is 16.5 Å². The molecule has 4 nitrogen and oxygen atoms in total. The van der Waals surface area contributed by atoms with Crippen LogP contribution in [-0.2, 0) is 10.0 Å². The minimum Gasteiger partial charge on any atom is -0.394 e. The Labute approximate surface area is 104 Å². The van der Waals surface area contributed by atoms with Gasteiger partial charge in [0.2, 0.25) is 0 Å². The van der Waals surface area contributed by atoms with Crippen LogP contribution in [0.2, 0.25) is 4.34 Å². The molecule has 0 atom stereocenters. The van der Waals surface area contributed by atoms with Gasteiger partial charge in [-0.2, -0.15) is 0 Å². The summed E-state index contributed by atoms with van der Waals surface area (Å²) in [6.07, 6.45) is 0. The van der Waals surface area contributed by atoms with Crippen molar-refractivity contribution in [1.82, 2.24) is 4.72 Å². The number of hydrogen-bond acceptors (Lipinski definition) is 4. The number of aliphatic hydroxyl groups excluding tert-OH is 1. The van der Waals surface area contributed by atoms with E-state index in [1.807, 2.05) is 0 Å². The molecule has 0 aliphatic rings. The van der Waals surface area contributed by atoms with E-state index in [4.69, 9.17) is 16.7 Å². The lowest BCUT2D eigenvalue weighted by Gasteiger charge is -2.22. The molecule has 92 valence electrons. The van der Waals surface area contributed by atoms with Crippen LogP contribution in [0.5, 0.6) is 0 Å². The lowest BCUT2D eigenvalue weighted by molar-refractivity contribution is 0.208. The van der Waals surface area contributed by atoms with Crippen LogP contribution in [0, 0.1) is 6.92 Å². The molecule has 0 aliphatic heterocycles. The molecule has 0 unspecified atom stereocenters. The second kappa shape index (κ2) is 4.62. The van der Waals surface area contributed by atoms with Gasteiger partial charge < -0.3 is 5.11 Å². The third kappa shape index (κ3) is 3.18. The van der Waals surface area contributed by atoms with Crippen molar-refractivity contribution in [3.63, 3.8) is 0 Å². The van der Waals surface area contributed by atoms with E-state index in [0.717, 1.165) is 16.9 Å². The largest absolute Gasteiger partial charge is 0.394 e. The van der Waals surface area contributed by atoms with Crippen LogP contribution in [-0.4, -0.2) is 25.7 Å². The van der Waals surface area contributed by atoms with Crippen LogP contribution >= 0.6 is 22.9 Å². The van der Waals surface area contributed by atoms with Crippen molar-refractivity contribution in [3.05, 3.63) is 16.0 Å². The van der Waals surface area contributed by atoms with Crippen molar-refractivity contribution in [2.75, 3.05) is 6.61 Å². The lowest BCUT2D eigenvalue weighted by atomic mass is 10.1. The van der Waals surface area contributed by atoms with E-state index >= 15 is 0 Å². The Morgan fingerprint density at radius 1 is 1.56 bits per heavy atom. The van der Waals surface area contributed by atoms with E-state index in [9.17, 15) is 8.42 Å². The van der Waals surface area contributed by atoms with Crippen LogP contribution in [0.1, 0.15) is 19.4 Å². The van der Waals surface area contributed by atoms with Crippen molar-refractivity contribution in [2.45, 2.75) is 30.5 Å². The van der Waals surface area contributed by atoms with Gasteiger partial charge in [0.1, 0.15) is 4.21 Å². The van der Waals surface area contributed by atoms with Crippen LogP contribution in [0.3, 0.4) is 0 Å². The molecule has 1 rings (SSSR count). The number of halogens is 1. The molecule has 2 N–H and O–H groups in total. The van der Waals surface area contributed by atoms with Gasteiger partial charge in [0.15, 0.2) is 0 Å². The molecule has 7 heteroatoms. The maximum absolute atomic E-state index is 11.9. The Kier molecular flexibility index (Phi) is 4.02. The maximum Gasteiger partial charge on any atom is 0.250 e. The molecule has 0 aliphatic carbocycles. The fourth-order valence-corrected chi connectivity index (χ4v) is 4.12. The molecule has 0 bridgehead atoms. The van der Waals surface area contributed by atoms with E-state index < -0.39 is 15.6 Å². The Hall–Kier alpha value is -0.140. The molecule has 0 spiro atoms. The third-order valence-electron chi connectivity index (χ3n) is 1.91. The molecular formula is C9H14ClNO3S2. The monoisotopic (exact) mass is 283 g/mol. The molecule has 16 heavy (non-hydrogen) atoms. The quantitative estimate of drug-likeness (QED) is 0.885. The SMILES string of the molecule is Cc1cc(S(=O)(=O)NC(C)(C)CO)sc1Cl. The first-order chi connectivity index (χ1) is 7.18. The highest BCUT2D eigenvalue weighted by Gasteiger charge is 2.27. The number of rotatable bonds is 4. The summed E-state index contributed by atoms with van der Waals surface area (Å²) in [7, 11) is -3.61. The number of thiophene rings is 1. The van der Waals surface area contributed by atoms with Crippen molar-refractivity contribution in [1.29, 1.82) is 0 Å². The van der Waals surface area contributed by atoms with Crippen LogP contribution in [0.4, 0.5) is 0 Å². The summed E-state index contributed by atoms with van der Waals surface area (Å²) in [5.74, 6) is 0. The second-order valence-electron chi connectivity index (χ2n) is 4.17. The molecule has 0 radical (unpaired) electrons. The van der Waals surface area contributed by atoms with Crippen molar-refractivity contribution in [3.8, 4) is 0 Å². The summed E-state index contributed by atoms with van der Waals surface area (Å²) in [5.41, 5.74) is -0.155. The summed E-state index contributed by atoms with van der Waals surface area (Å²) in [6.45, 7) is 4.68. The lowest BCUT2D eigenvalue weighted by Crippen LogP contribution is -2.45. The number of nitrogens with one attached hydrogen (secondary N) is 1. The van der Waals surface area contributed by atoms with Gasteiger partial charge in [0, 0.05) is 0 Å². The summed E-state index contributed by atoms with van der Waals surface area (Å²) in [4.78, 5) is 0.